The molecule has 0 bridgehead atoms. The summed E-state index contributed by atoms with van der Waals surface area (Å²) in [5, 5.41) is 0. The SMILES string of the molecule is O[Si](O)(O)O.[B].[SiH4]. The van der Waals surface area contributed by atoms with Crippen LogP contribution in [-0.2, 0) is 0 Å². The first-order chi connectivity index (χ1) is 2.00. The van der Waals surface area contributed by atoms with Gasteiger partial charge in [0.05, 0.1) is 0 Å². The molecule has 0 saturated carbocycles. The first-order valence-corrected chi connectivity index (χ1v) is 2.68. The van der Waals surface area contributed by atoms with Gasteiger partial charge in [-0.05, 0) is 11.0 Å². The van der Waals surface area contributed by atoms with Crippen LogP contribution in [0.2, 0.25) is 0 Å². The summed E-state index contributed by atoms with van der Waals surface area (Å²) in [5.74, 6) is 0. The summed E-state index contributed by atoms with van der Waals surface area (Å²) in [7, 11) is -4.61. The zero-order valence-corrected chi connectivity index (χ0v) is 3.87. The fourth-order valence-electron chi connectivity index (χ4n) is 0. The molecular formula is H8BO4Si2. The van der Waals surface area contributed by atoms with E-state index in [9.17, 15) is 0 Å². The summed E-state index contributed by atoms with van der Waals surface area (Å²) in [5.41, 5.74) is 0. The summed E-state index contributed by atoms with van der Waals surface area (Å²) in [6, 6.07) is 0. The molecule has 0 aromatic heterocycles. The Hall–Kier alpha value is 0.339. The highest BCUT2D eigenvalue weighted by molar-refractivity contribution is 6.46. The van der Waals surface area contributed by atoms with E-state index in [2.05, 4.69) is 0 Å². The van der Waals surface area contributed by atoms with E-state index < -0.39 is 9.05 Å². The lowest BCUT2D eigenvalue weighted by Gasteiger charge is -1.91. The molecule has 0 atom stereocenters. The zero-order valence-electron chi connectivity index (χ0n) is 2.87. The van der Waals surface area contributed by atoms with Gasteiger partial charge in [0.1, 0.15) is 0 Å². The highest BCUT2D eigenvalue weighted by Gasteiger charge is 2.22. The van der Waals surface area contributed by atoms with Gasteiger partial charge in [0.2, 0.25) is 0 Å². The summed E-state index contributed by atoms with van der Waals surface area (Å²) in [6.45, 7) is 0. The Kier molecular flexibility index (Phi) is 10.1. The maximum Gasteiger partial charge on any atom is 0.668 e. The van der Waals surface area contributed by atoms with E-state index in [1.165, 1.54) is 0 Å². The fraction of sp³-hybridized carbons (Fsp3) is 0. The van der Waals surface area contributed by atoms with Crippen molar-refractivity contribution in [2.75, 3.05) is 0 Å². The average Bonchev–Trinajstić information content (AvgIpc) is 0.722. The molecule has 0 aromatic rings. The van der Waals surface area contributed by atoms with E-state index in [1.54, 1.807) is 0 Å². The van der Waals surface area contributed by atoms with Gasteiger partial charge < -0.3 is 19.2 Å². The van der Waals surface area contributed by atoms with Crippen molar-refractivity contribution >= 4 is 28.4 Å². The molecule has 0 spiro atoms. The van der Waals surface area contributed by atoms with Crippen LogP contribution in [0.5, 0.6) is 0 Å². The summed E-state index contributed by atoms with van der Waals surface area (Å²) in [6.07, 6.45) is 0. The van der Waals surface area contributed by atoms with Crippen LogP contribution in [0.4, 0.5) is 0 Å². The second-order valence-corrected chi connectivity index (χ2v) is 1.80. The molecule has 0 fully saturated rings. The topological polar surface area (TPSA) is 80.9 Å². The van der Waals surface area contributed by atoms with E-state index >= 15 is 0 Å². The molecule has 7 heteroatoms. The second-order valence-electron chi connectivity index (χ2n) is 0.600. The Balaban J connectivity index is -0.0000000800. The predicted molar refractivity (Wildman–Crippen MR) is 31.7 cm³/mol. The van der Waals surface area contributed by atoms with E-state index in [0.717, 1.165) is 0 Å². The molecule has 0 unspecified atom stereocenters. The minimum Gasteiger partial charge on any atom is -0.368 e. The molecule has 3 radical (unpaired) electrons. The summed E-state index contributed by atoms with van der Waals surface area (Å²) in [4.78, 5) is 29.3. The van der Waals surface area contributed by atoms with E-state index in [4.69, 9.17) is 19.2 Å². The molecule has 0 aromatic carbocycles. The molecule has 0 saturated heterocycles. The Bertz CT molecular complexity index is 25.2. The Morgan fingerprint density at radius 1 is 0.857 bits per heavy atom. The van der Waals surface area contributed by atoms with E-state index in [-0.39, 0.29) is 19.4 Å². The van der Waals surface area contributed by atoms with Crippen LogP contribution in [0.15, 0.2) is 0 Å². The van der Waals surface area contributed by atoms with Gasteiger partial charge in [0.15, 0.2) is 0 Å². The van der Waals surface area contributed by atoms with Gasteiger partial charge in [-0.25, -0.2) is 0 Å². The van der Waals surface area contributed by atoms with Crippen molar-refractivity contribution in [3.63, 3.8) is 0 Å². The lowest BCUT2D eigenvalue weighted by molar-refractivity contribution is 0.117. The summed E-state index contributed by atoms with van der Waals surface area (Å²) >= 11 is 0. The van der Waals surface area contributed by atoms with Crippen LogP contribution in [0.25, 0.3) is 0 Å². The molecule has 7 heavy (non-hydrogen) atoms. The lowest BCUT2D eigenvalue weighted by Crippen LogP contribution is -2.33. The van der Waals surface area contributed by atoms with Gasteiger partial charge in [0, 0.05) is 8.41 Å². The molecule has 43 valence electrons. The monoisotopic (exact) mass is 139 g/mol. The van der Waals surface area contributed by atoms with Crippen LogP contribution in [-0.4, -0.2) is 47.6 Å². The van der Waals surface area contributed by atoms with E-state index in [0.29, 0.717) is 0 Å². The van der Waals surface area contributed by atoms with Crippen molar-refractivity contribution in [3.05, 3.63) is 0 Å². The van der Waals surface area contributed by atoms with Crippen LogP contribution in [0.1, 0.15) is 0 Å². The normalized spacial score (nSPS) is 8.57. The van der Waals surface area contributed by atoms with Gasteiger partial charge in [-0.3, -0.25) is 0 Å². The number of hydrogen-bond acceptors (Lipinski definition) is 4. The largest absolute Gasteiger partial charge is 0.668 e. The van der Waals surface area contributed by atoms with Gasteiger partial charge in [-0.2, -0.15) is 0 Å². The lowest BCUT2D eigenvalue weighted by atomic mass is 10.8. The van der Waals surface area contributed by atoms with Crippen molar-refractivity contribution in [1.82, 2.24) is 0 Å². The highest BCUT2D eigenvalue weighted by Crippen LogP contribution is 1.67. The smallest absolute Gasteiger partial charge is 0.368 e. The Morgan fingerprint density at radius 3 is 0.857 bits per heavy atom. The van der Waals surface area contributed by atoms with Gasteiger partial charge in [-0.1, -0.05) is 0 Å². The molecular weight excluding hydrogens is 131 g/mol. The maximum absolute atomic E-state index is 7.33. The molecule has 0 aliphatic rings. The van der Waals surface area contributed by atoms with Crippen LogP contribution >= 0.6 is 0 Å². The first kappa shape index (κ1) is 15.7. The summed E-state index contributed by atoms with van der Waals surface area (Å²) < 4.78 is 0. The zero-order chi connectivity index (χ0) is 4.50. The van der Waals surface area contributed by atoms with Crippen LogP contribution in [0.3, 0.4) is 0 Å². The number of hydrogen-bond donors (Lipinski definition) is 4. The third-order valence-electron chi connectivity index (χ3n) is 0. The van der Waals surface area contributed by atoms with Crippen LogP contribution < -0.4 is 0 Å². The van der Waals surface area contributed by atoms with Gasteiger partial charge in [-0.15, -0.1) is 0 Å². The third kappa shape index (κ3) is 1040. The minimum absolute atomic E-state index is 0. The molecule has 0 rings (SSSR count). The maximum atomic E-state index is 7.33. The first-order valence-electron chi connectivity index (χ1n) is 0.894. The van der Waals surface area contributed by atoms with Crippen molar-refractivity contribution in [1.29, 1.82) is 0 Å². The fourth-order valence-corrected chi connectivity index (χ4v) is 0. The van der Waals surface area contributed by atoms with Gasteiger partial charge in [0.25, 0.3) is 0 Å². The van der Waals surface area contributed by atoms with Crippen molar-refractivity contribution < 1.29 is 19.2 Å². The van der Waals surface area contributed by atoms with Gasteiger partial charge >= 0.3 is 9.05 Å². The number of rotatable bonds is 0. The predicted octanol–water partition coefficient (Wildman–Crippen LogP) is -4.44. The van der Waals surface area contributed by atoms with E-state index in [1.807, 2.05) is 0 Å². The average molecular weight is 139 g/mol. The highest BCUT2D eigenvalue weighted by atomic mass is 28.4. The van der Waals surface area contributed by atoms with Crippen molar-refractivity contribution in [2.24, 2.45) is 0 Å². The van der Waals surface area contributed by atoms with Crippen molar-refractivity contribution in [2.45, 2.75) is 0 Å². The Morgan fingerprint density at radius 2 is 0.857 bits per heavy atom. The quantitative estimate of drug-likeness (QED) is 0.255. The molecule has 0 aliphatic carbocycles. The molecule has 4 nitrogen and oxygen atoms in total. The minimum atomic E-state index is -4.61. The van der Waals surface area contributed by atoms with Crippen molar-refractivity contribution in [3.8, 4) is 0 Å². The third-order valence-corrected chi connectivity index (χ3v) is 0. The Labute approximate surface area is 48.5 Å². The van der Waals surface area contributed by atoms with Crippen LogP contribution in [0, 0.1) is 0 Å². The second kappa shape index (κ2) is 4.50. The molecule has 0 heterocycles. The standard InChI is InChI=1S/B.H4O4Si.H4Si/c;1-5(2,3)4;/h;1-4H;1H4. The molecule has 0 aliphatic heterocycles. The molecule has 4 N–H and O–H groups in total. The molecule has 0 amide bonds.